The predicted molar refractivity (Wildman–Crippen MR) is 48.0 cm³/mol. The first-order valence-corrected chi connectivity index (χ1v) is 4.39. The Morgan fingerprint density at radius 2 is 2.00 bits per heavy atom. The average Bonchev–Trinajstić information content (AvgIpc) is 2.05. The first-order chi connectivity index (χ1) is 6.17. The Labute approximate surface area is 79.0 Å². The van der Waals surface area contributed by atoms with E-state index >= 15 is 0 Å². The summed E-state index contributed by atoms with van der Waals surface area (Å²) in [5.41, 5.74) is 0. The van der Waals surface area contributed by atoms with E-state index in [0.717, 1.165) is 13.1 Å². The van der Waals surface area contributed by atoms with Gasteiger partial charge in [0.1, 0.15) is 0 Å². The molecule has 1 aliphatic heterocycles. The lowest BCUT2D eigenvalue weighted by Gasteiger charge is -2.49. The highest BCUT2D eigenvalue weighted by molar-refractivity contribution is 4.94. The minimum absolute atomic E-state index is 0.295. The minimum atomic E-state index is -0.427. The summed E-state index contributed by atoms with van der Waals surface area (Å²) in [7, 11) is 3.30. The average molecular weight is 184 g/mol. The molecule has 0 aromatic carbocycles. The van der Waals surface area contributed by atoms with Gasteiger partial charge < -0.3 is 9.47 Å². The number of nitriles is 1. The molecule has 0 saturated carbocycles. The summed E-state index contributed by atoms with van der Waals surface area (Å²) in [6.45, 7) is 3.55. The van der Waals surface area contributed by atoms with Crippen molar-refractivity contribution >= 4 is 0 Å². The molecule has 0 aromatic rings. The molecular weight excluding hydrogens is 168 g/mol. The van der Waals surface area contributed by atoms with Gasteiger partial charge in [0.2, 0.25) is 0 Å². The highest BCUT2D eigenvalue weighted by Gasteiger charge is 2.45. The molecule has 1 aliphatic rings. The van der Waals surface area contributed by atoms with Crippen molar-refractivity contribution in [3.63, 3.8) is 0 Å². The van der Waals surface area contributed by atoms with Crippen molar-refractivity contribution in [3.05, 3.63) is 0 Å². The van der Waals surface area contributed by atoms with Crippen LogP contribution in [0.25, 0.3) is 0 Å². The molecule has 0 aliphatic carbocycles. The quantitative estimate of drug-likeness (QED) is 0.600. The van der Waals surface area contributed by atoms with Crippen molar-refractivity contribution in [2.45, 2.75) is 25.2 Å². The second-order valence-electron chi connectivity index (χ2n) is 3.44. The molecule has 0 aromatic heterocycles. The molecule has 0 bridgehead atoms. The molecule has 4 nitrogen and oxygen atoms in total. The minimum Gasteiger partial charge on any atom is -0.351 e. The Morgan fingerprint density at radius 1 is 1.46 bits per heavy atom. The standard InChI is InChI=1S/C9H16N2O2/c1-8(4-5-10)11-6-9(7-11,12-2)13-3/h8H,4,6-7H2,1-3H3. The van der Waals surface area contributed by atoms with Crippen LogP contribution in [0.4, 0.5) is 0 Å². The van der Waals surface area contributed by atoms with Gasteiger partial charge in [-0.1, -0.05) is 0 Å². The maximum absolute atomic E-state index is 8.51. The number of rotatable bonds is 4. The fourth-order valence-electron chi connectivity index (χ4n) is 1.49. The van der Waals surface area contributed by atoms with Crippen LogP contribution in [0, 0.1) is 11.3 Å². The first kappa shape index (κ1) is 10.5. The van der Waals surface area contributed by atoms with Gasteiger partial charge in [0.15, 0.2) is 5.79 Å². The van der Waals surface area contributed by atoms with Gasteiger partial charge in [0, 0.05) is 20.3 Å². The highest BCUT2D eigenvalue weighted by atomic mass is 16.7. The summed E-state index contributed by atoms with van der Waals surface area (Å²) in [6, 6.07) is 2.45. The number of ether oxygens (including phenoxy) is 2. The summed E-state index contributed by atoms with van der Waals surface area (Å²) in [5.74, 6) is -0.427. The monoisotopic (exact) mass is 184 g/mol. The van der Waals surface area contributed by atoms with Gasteiger partial charge in [-0.2, -0.15) is 5.26 Å². The fraction of sp³-hybridized carbons (Fsp3) is 0.889. The third-order valence-corrected chi connectivity index (χ3v) is 2.64. The molecule has 74 valence electrons. The summed E-state index contributed by atoms with van der Waals surface area (Å²) >= 11 is 0. The summed E-state index contributed by atoms with van der Waals surface area (Å²) < 4.78 is 10.5. The zero-order chi connectivity index (χ0) is 9.90. The Balaban J connectivity index is 2.35. The Bertz CT molecular complexity index is 200. The van der Waals surface area contributed by atoms with Crippen molar-refractivity contribution in [1.29, 1.82) is 5.26 Å². The van der Waals surface area contributed by atoms with Crippen LogP contribution in [0.1, 0.15) is 13.3 Å². The molecule has 1 heterocycles. The van der Waals surface area contributed by atoms with E-state index in [1.165, 1.54) is 0 Å². The Hall–Kier alpha value is -0.630. The van der Waals surface area contributed by atoms with Crippen molar-refractivity contribution in [2.75, 3.05) is 27.3 Å². The van der Waals surface area contributed by atoms with E-state index in [1.807, 2.05) is 6.92 Å². The number of likely N-dealkylation sites (tertiary alicyclic amines) is 1. The summed E-state index contributed by atoms with van der Waals surface area (Å²) in [5, 5.41) is 8.51. The van der Waals surface area contributed by atoms with Crippen molar-refractivity contribution in [2.24, 2.45) is 0 Å². The lowest BCUT2D eigenvalue weighted by molar-refractivity contribution is -0.281. The maximum Gasteiger partial charge on any atom is 0.193 e. The number of nitrogens with zero attached hydrogens (tertiary/aromatic N) is 2. The third-order valence-electron chi connectivity index (χ3n) is 2.64. The molecular formula is C9H16N2O2. The van der Waals surface area contributed by atoms with Gasteiger partial charge in [-0.3, -0.25) is 4.90 Å². The van der Waals surface area contributed by atoms with Crippen molar-refractivity contribution in [1.82, 2.24) is 4.90 Å². The smallest absolute Gasteiger partial charge is 0.193 e. The fourth-order valence-corrected chi connectivity index (χ4v) is 1.49. The number of hydrogen-bond acceptors (Lipinski definition) is 4. The largest absolute Gasteiger partial charge is 0.351 e. The second-order valence-corrected chi connectivity index (χ2v) is 3.44. The molecule has 0 amide bonds. The SMILES string of the molecule is COC1(OC)CN(C(C)CC#N)C1. The summed E-state index contributed by atoms with van der Waals surface area (Å²) in [4.78, 5) is 2.18. The van der Waals surface area contributed by atoms with Crippen LogP contribution in [-0.4, -0.2) is 44.0 Å². The van der Waals surface area contributed by atoms with Crippen LogP contribution < -0.4 is 0 Å². The lowest BCUT2D eigenvalue weighted by atomic mass is 10.0. The van der Waals surface area contributed by atoms with Gasteiger partial charge in [-0.25, -0.2) is 0 Å². The summed E-state index contributed by atoms with van der Waals surface area (Å²) in [6.07, 6.45) is 0.559. The zero-order valence-electron chi connectivity index (χ0n) is 8.41. The highest BCUT2D eigenvalue weighted by Crippen LogP contribution is 2.27. The first-order valence-electron chi connectivity index (χ1n) is 4.39. The number of hydrogen-bond donors (Lipinski definition) is 0. The molecule has 1 saturated heterocycles. The van der Waals surface area contributed by atoms with E-state index in [0.29, 0.717) is 12.5 Å². The molecule has 0 spiro atoms. The van der Waals surface area contributed by atoms with Crippen LogP contribution in [0.15, 0.2) is 0 Å². The third kappa shape index (κ3) is 1.99. The van der Waals surface area contributed by atoms with Crippen LogP contribution in [-0.2, 0) is 9.47 Å². The molecule has 13 heavy (non-hydrogen) atoms. The van der Waals surface area contributed by atoms with Crippen LogP contribution in [0.5, 0.6) is 0 Å². The van der Waals surface area contributed by atoms with Gasteiger partial charge in [-0.15, -0.1) is 0 Å². The molecule has 1 atom stereocenters. The van der Waals surface area contributed by atoms with E-state index in [9.17, 15) is 0 Å². The van der Waals surface area contributed by atoms with Crippen LogP contribution in [0.2, 0.25) is 0 Å². The van der Waals surface area contributed by atoms with Crippen LogP contribution in [0.3, 0.4) is 0 Å². The maximum atomic E-state index is 8.51. The Kier molecular flexibility index (Phi) is 3.26. The van der Waals surface area contributed by atoms with Gasteiger partial charge in [-0.05, 0) is 6.92 Å². The molecule has 0 radical (unpaired) electrons. The van der Waals surface area contributed by atoms with Gasteiger partial charge >= 0.3 is 0 Å². The normalized spacial score (nSPS) is 23.2. The lowest BCUT2D eigenvalue weighted by Crippen LogP contribution is -2.65. The van der Waals surface area contributed by atoms with E-state index in [1.54, 1.807) is 14.2 Å². The molecule has 0 N–H and O–H groups in total. The number of methoxy groups -OCH3 is 2. The molecule has 4 heteroatoms. The van der Waals surface area contributed by atoms with Crippen molar-refractivity contribution < 1.29 is 9.47 Å². The van der Waals surface area contributed by atoms with E-state index < -0.39 is 5.79 Å². The Morgan fingerprint density at radius 3 is 2.38 bits per heavy atom. The van der Waals surface area contributed by atoms with E-state index in [2.05, 4.69) is 11.0 Å². The van der Waals surface area contributed by atoms with Crippen molar-refractivity contribution in [3.8, 4) is 6.07 Å². The predicted octanol–water partition coefficient (Wildman–Crippen LogP) is 0.593. The van der Waals surface area contributed by atoms with Gasteiger partial charge in [0.25, 0.3) is 0 Å². The van der Waals surface area contributed by atoms with Gasteiger partial charge in [0.05, 0.1) is 25.6 Å². The second kappa shape index (κ2) is 4.05. The van der Waals surface area contributed by atoms with E-state index in [-0.39, 0.29) is 0 Å². The zero-order valence-corrected chi connectivity index (χ0v) is 8.41. The van der Waals surface area contributed by atoms with E-state index in [4.69, 9.17) is 14.7 Å². The topological polar surface area (TPSA) is 45.5 Å². The molecule has 1 rings (SSSR count). The molecule has 1 fully saturated rings. The van der Waals surface area contributed by atoms with Crippen LogP contribution >= 0.6 is 0 Å². The molecule has 1 unspecified atom stereocenters.